The van der Waals surface area contributed by atoms with Crippen molar-refractivity contribution in [1.82, 2.24) is 0 Å². The van der Waals surface area contributed by atoms with Crippen LogP contribution >= 0.6 is 0 Å². The van der Waals surface area contributed by atoms with E-state index in [0.29, 0.717) is 0 Å². The lowest BCUT2D eigenvalue weighted by Crippen LogP contribution is -2.29. The van der Waals surface area contributed by atoms with Gasteiger partial charge in [-0.2, -0.15) is 0 Å². The van der Waals surface area contributed by atoms with Crippen molar-refractivity contribution in [3.63, 3.8) is 0 Å². The first-order chi connectivity index (χ1) is 31.2. The Hall–Kier alpha value is -8.20. The molecule has 294 valence electrons. The van der Waals surface area contributed by atoms with Crippen LogP contribution in [0.5, 0.6) is 0 Å². The zero-order valence-electron chi connectivity index (χ0n) is 34.4. The molecule has 0 atom stereocenters. The third-order valence-corrected chi connectivity index (χ3v) is 13.5. The summed E-state index contributed by atoms with van der Waals surface area (Å²) < 4.78 is 6.42. The maximum atomic E-state index is 6.42. The minimum Gasteiger partial charge on any atom is -0.456 e. The van der Waals surface area contributed by atoms with E-state index in [9.17, 15) is 0 Å². The first kappa shape index (κ1) is 35.5. The van der Waals surface area contributed by atoms with Crippen molar-refractivity contribution in [3.8, 4) is 55.6 Å². The molecule has 0 amide bonds. The summed E-state index contributed by atoms with van der Waals surface area (Å²) in [4.78, 5) is 2.33. The van der Waals surface area contributed by atoms with Crippen LogP contribution in [0.2, 0.25) is 0 Å². The van der Waals surface area contributed by atoms with Crippen LogP contribution in [0.4, 0.5) is 17.1 Å². The van der Waals surface area contributed by atoms with Crippen molar-refractivity contribution in [2.45, 2.75) is 5.41 Å². The number of hydrogen-bond acceptors (Lipinski definition) is 2. The number of rotatable bonds is 5. The highest BCUT2D eigenvalue weighted by Crippen LogP contribution is 2.61. The molecule has 0 bridgehead atoms. The molecule has 2 aliphatic rings. The molecular formula is C61H39NO. The summed E-state index contributed by atoms with van der Waals surface area (Å²) >= 11 is 0. The third-order valence-electron chi connectivity index (χ3n) is 13.5. The van der Waals surface area contributed by atoms with Crippen LogP contribution in [0.15, 0.2) is 241 Å². The summed E-state index contributed by atoms with van der Waals surface area (Å²) in [6, 6.07) is 86.7. The van der Waals surface area contributed by atoms with Crippen LogP contribution in [0.3, 0.4) is 0 Å². The first-order valence-corrected chi connectivity index (χ1v) is 21.7. The number of fused-ring (bicyclic) bond motifs is 15. The SMILES string of the molecule is c1ccc(-c2ccc(N(c3ccc(-c4ccc5c(c4)C4(c6ccccc6-c6ccccc6-c6ccccc64)c4ccccc4-5)cc3)c3ccc4c(c3)oc3ccccc34)cc2)cc1. The molecule has 10 aromatic carbocycles. The second-order valence-corrected chi connectivity index (χ2v) is 16.8. The number of furan rings is 1. The van der Waals surface area contributed by atoms with E-state index in [2.05, 4.69) is 229 Å². The topological polar surface area (TPSA) is 16.4 Å². The maximum absolute atomic E-state index is 6.42. The number of nitrogens with zero attached hydrogens (tertiary/aromatic N) is 1. The van der Waals surface area contributed by atoms with Gasteiger partial charge in [-0.1, -0.05) is 182 Å². The van der Waals surface area contributed by atoms with Crippen LogP contribution < -0.4 is 4.90 Å². The number of anilines is 3. The molecule has 1 spiro atoms. The van der Waals surface area contributed by atoms with Crippen molar-refractivity contribution >= 4 is 39.0 Å². The van der Waals surface area contributed by atoms with Crippen molar-refractivity contribution in [3.05, 3.63) is 259 Å². The number of benzene rings is 10. The molecule has 0 fully saturated rings. The molecule has 0 saturated carbocycles. The average molecular weight is 802 g/mol. The van der Waals surface area contributed by atoms with Gasteiger partial charge in [0.2, 0.25) is 0 Å². The van der Waals surface area contributed by atoms with E-state index in [1.54, 1.807) is 0 Å². The highest BCUT2D eigenvalue weighted by atomic mass is 16.3. The standard InChI is InChI=1S/C61H39NO/c1-2-14-40(15-3-1)41-26-31-44(32-27-41)62(46-35-37-54-53-21-9-13-25-59(53)63-60(54)39-46)45-33-28-42(29-34-45)43-30-36-52-51-20-8-12-24-57(51)61(58(52)38-43)55-22-10-6-18-49(55)47-16-4-5-17-48(47)50-19-7-11-23-56(50)61/h1-39H. The summed E-state index contributed by atoms with van der Waals surface area (Å²) in [5, 5.41) is 2.24. The van der Waals surface area contributed by atoms with E-state index in [1.165, 1.54) is 77.9 Å². The highest BCUT2D eigenvalue weighted by molar-refractivity contribution is 6.06. The van der Waals surface area contributed by atoms with Gasteiger partial charge in [-0.05, 0) is 126 Å². The zero-order valence-corrected chi connectivity index (χ0v) is 34.4. The van der Waals surface area contributed by atoms with Gasteiger partial charge in [-0.3, -0.25) is 0 Å². The molecule has 0 radical (unpaired) electrons. The van der Waals surface area contributed by atoms with Gasteiger partial charge in [0.05, 0.1) is 5.41 Å². The maximum Gasteiger partial charge on any atom is 0.137 e. The molecule has 1 aromatic heterocycles. The molecule has 0 aliphatic heterocycles. The zero-order chi connectivity index (χ0) is 41.5. The van der Waals surface area contributed by atoms with Gasteiger partial charge >= 0.3 is 0 Å². The lowest BCUT2D eigenvalue weighted by Gasteiger charge is -2.35. The van der Waals surface area contributed by atoms with E-state index in [4.69, 9.17) is 4.42 Å². The molecule has 2 nitrogen and oxygen atoms in total. The molecule has 2 heteroatoms. The van der Waals surface area contributed by atoms with Gasteiger partial charge in [-0.25, -0.2) is 0 Å². The Balaban J connectivity index is 0.965. The highest BCUT2D eigenvalue weighted by Gasteiger charge is 2.49. The van der Waals surface area contributed by atoms with Gasteiger partial charge < -0.3 is 9.32 Å². The fourth-order valence-corrected chi connectivity index (χ4v) is 10.8. The van der Waals surface area contributed by atoms with E-state index in [-0.39, 0.29) is 0 Å². The molecule has 0 saturated heterocycles. The predicted octanol–water partition coefficient (Wildman–Crippen LogP) is 16.4. The largest absolute Gasteiger partial charge is 0.456 e. The van der Waals surface area contributed by atoms with Crippen LogP contribution in [-0.2, 0) is 5.41 Å². The third kappa shape index (κ3) is 5.32. The fourth-order valence-electron chi connectivity index (χ4n) is 10.8. The normalized spacial score (nSPS) is 12.9. The van der Waals surface area contributed by atoms with E-state index in [0.717, 1.165) is 39.0 Å². The Labute approximate surface area is 366 Å². The Morgan fingerprint density at radius 3 is 1.32 bits per heavy atom. The van der Waals surface area contributed by atoms with Gasteiger partial charge in [0.15, 0.2) is 0 Å². The molecule has 2 aliphatic carbocycles. The summed E-state index contributed by atoms with van der Waals surface area (Å²) in [6.45, 7) is 0. The van der Waals surface area contributed by atoms with E-state index >= 15 is 0 Å². The van der Waals surface area contributed by atoms with Crippen LogP contribution in [0, 0.1) is 0 Å². The number of para-hydroxylation sites is 1. The molecular weight excluding hydrogens is 763 g/mol. The van der Waals surface area contributed by atoms with Crippen LogP contribution in [-0.4, -0.2) is 0 Å². The van der Waals surface area contributed by atoms with Crippen molar-refractivity contribution in [1.29, 1.82) is 0 Å². The lowest BCUT2D eigenvalue weighted by molar-refractivity contribution is 0.669. The Morgan fingerprint density at radius 2 is 0.698 bits per heavy atom. The first-order valence-electron chi connectivity index (χ1n) is 21.7. The van der Waals surface area contributed by atoms with Gasteiger partial charge in [0, 0.05) is 33.9 Å². The minimum absolute atomic E-state index is 0.522. The Kier molecular flexibility index (Phi) is 7.85. The summed E-state index contributed by atoms with van der Waals surface area (Å²) in [5.41, 5.74) is 22.1. The quantitative estimate of drug-likeness (QED) is 0.172. The smallest absolute Gasteiger partial charge is 0.137 e. The molecule has 0 unspecified atom stereocenters. The van der Waals surface area contributed by atoms with E-state index in [1.807, 2.05) is 12.1 Å². The van der Waals surface area contributed by atoms with Crippen molar-refractivity contribution in [2.75, 3.05) is 4.90 Å². The Bertz CT molecular complexity index is 3490. The number of hydrogen-bond donors (Lipinski definition) is 0. The fraction of sp³-hybridized carbons (Fsp3) is 0.0164. The summed E-state index contributed by atoms with van der Waals surface area (Å²) in [5.74, 6) is 0. The molecule has 13 rings (SSSR count). The van der Waals surface area contributed by atoms with Gasteiger partial charge in [0.25, 0.3) is 0 Å². The molecule has 11 aromatic rings. The second kappa shape index (κ2) is 13.9. The molecule has 1 heterocycles. The summed E-state index contributed by atoms with van der Waals surface area (Å²) in [7, 11) is 0. The molecule has 0 N–H and O–H groups in total. The monoisotopic (exact) mass is 801 g/mol. The Morgan fingerprint density at radius 1 is 0.270 bits per heavy atom. The van der Waals surface area contributed by atoms with Gasteiger partial charge in [-0.15, -0.1) is 0 Å². The molecule has 63 heavy (non-hydrogen) atoms. The second-order valence-electron chi connectivity index (χ2n) is 16.8. The minimum atomic E-state index is -0.522. The average Bonchev–Trinajstić information content (AvgIpc) is 3.84. The summed E-state index contributed by atoms with van der Waals surface area (Å²) in [6.07, 6.45) is 0. The van der Waals surface area contributed by atoms with Crippen molar-refractivity contribution in [2.24, 2.45) is 0 Å². The lowest BCUT2D eigenvalue weighted by atomic mass is 9.65. The van der Waals surface area contributed by atoms with Gasteiger partial charge in [0.1, 0.15) is 11.2 Å². The van der Waals surface area contributed by atoms with Crippen LogP contribution in [0.25, 0.3) is 77.6 Å². The van der Waals surface area contributed by atoms with Crippen molar-refractivity contribution < 1.29 is 4.42 Å². The predicted molar refractivity (Wildman–Crippen MR) is 261 cm³/mol. The van der Waals surface area contributed by atoms with E-state index < -0.39 is 5.41 Å². The van der Waals surface area contributed by atoms with Crippen LogP contribution in [0.1, 0.15) is 22.3 Å².